The van der Waals surface area contributed by atoms with Gasteiger partial charge >= 0.3 is 11.9 Å². The Labute approximate surface area is 219 Å². The van der Waals surface area contributed by atoms with E-state index in [4.69, 9.17) is 15.9 Å². The van der Waals surface area contributed by atoms with Gasteiger partial charge in [0.25, 0.3) is 0 Å². The molecule has 0 bridgehead atoms. The molecule has 11 nitrogen and oxygen atoms in total. The Hall–Kier alpha value is -3.70. The number of carboxylic acids is 2. The van der Waals surface area contributed by atoms with Crippen LogP contribution in [0.3, 0.4) is 0 Å². The molecule has 0 aliphatic rings. The smallest absolute Gasteiger partial charge is 0.303 e. The first-order valence-electron chi connectivity index (χ1n) is 12.0. The van der Waals surface area contributed by atoms with E-state index in [1.807, 2.05) is 55.1 Å². The Morgan fingerprint density at radius 3 is 2.05 bits per heavy atom. The van der Waals surface area contributed by atoms with Gasteiger partial charge in [-0.05, 0) is 37.5 Å². The molecule has 0 saturated heterocycles. The van der Waals surface area contributed by atoms with E-state index in [0.717, 1.165) is 5.70 Å². The van der Waals surface area contributed by atoms with Crippen molar-refractivity contribution >= 4 is 29.5 Å². The zero-order valence-electron chi connectivity index (χ0n) is 22.2. The zero-order chi connectivity index (χ0) is 29.2. The number of aromatic nitrogens is 1. The number of hydrogen-bond acceptors (Lipinski definition) is 6. The largest absolute Gasteiger partial charge is 0.481 e. The number of hydrogen-bond donors (Lipinski definition) is 6. The molecule has 1 heterocycles. The third-order valence-electron chi connectivity index (χ3n) is 4.21. The van der Waals surface area contributed by atoms with Crippen LogP contribution >= 0.6 is 0 Å². The van der Waals surface area contributed by atoms with Gasteiger partial charge in [0.15, 0.2) is 0 Å². The first-order valence-corrected chi connectivity index (χ1v) is 12.0. The van der Waals surface area contributed by atoms with Gasteiger partial charge in [-0.2, -0.15) is 0 Å². The summed E-state index contributed by atoms with van der Waals surface area (Å²) in [6, 6.07) is 2.96. The summed E-state index contributed by atoms with van der Waals surface area (Å²) in [6.07, 6.45) is 7.74. The molecule has 0 saturated carbocycles. The van der Waals surface area contributed by atoms with Gasteiger partial charge in [-0.15, -0.1) is 13.2 Å². The predicted molar refractivity (Wildman–Crippen MR) is 145 cm³/mol. The Morgan fingerprint density at radius 1 is 1.05 bits per heavy atom. The van der Waals surface area contributed by atoms with Crippen molar-refractivity contribution < 1.29 is 34.5 Å². The van der Waals surface area contributed by atoms with Crippen LogP contribution in [-0.4, -0.2) is 62.5 Å². The van der Waals surface area contributed by atoms with Crippen LogP contribution in [0.1, 0.15) is 59.3 Å². The van der Waals surface area contributed by atoms with Crippen LogP contribution in [-0.2, 0) is 19.2 Å². The standard InChI is InChI=1S/C19H28N4O5.C3H6O2.C2H6.C2H4/c1-14(23-11-5-6-12-23)7-3-2-4-8-17(25)22-15(9-10-18(26)27)19(28)21-13-16(20)24;1-2-3(4)5;2*1-2/h3,5-7,11-12,15,19,21,28H,1-2,4,8-10,13H2,(H2,20,24)(H,22,25)(H,26,27);2H2,1H3,(H,4,5);1-2H3;1-2H2/b7-3-;;;. The van der Waals surface area contributed by atoms with E-state index in [2.05, 4.69) is 30.4 Å². The van der Waals surface area contributed by atoms with E-state index >= 15 is 0 Å². The van der Waals surface area contributed by atoms with Crippen LogP contribution in [0.25, 0.3) is 5.70 Å². The van der Waals surface area contributed by atoms with Crippen molar-refractivity contribution in [3.05, 3.63) is 56.4 Å². The number of rotatable bonds is 15. The van der Waals surface area contributed by atoms with Crippen molar-refractivity contribution in [3.63, 3.8) is 0 Å². The molecule has 0 fully saturated rings. The minimum atomic E-state index is -1.28. The third kappa shape index (κ3) is 23.8. The molecule has 7 N–H and O–H groups in total. The Bertz CT molecular complexity index is 808. The number of primary amides is 1. The number of amides is 2. The van der Waals surface area contributed by atoms with Gasteiger partial charge in [-0.1, -0.05) is 33.4 Å². The van der Waals surface area contributed by atoms with Crippen molar-refractivity contribution in [1.29, 1.82) is 0 Å². The molecule has 37 heavy (non-hydrogen) atoms. The second-order valence-corrected chi connectivity index (χ2v) is 7.02. The number of aliphatic hydroxyl groups excluding tert-OH is 1. The molecule has 2 unspecified atom stereocenters. The number of carboxylic acid groups (broad SMARTS) is 2. The van der Waals surface area contributed by atoms with Gasteiger partial charge in [0.05, 0.1) is 12.6 Å². The van der Waals surface area contributed by atoms with E-state index < -0.39 is 30.1 Å². The summed E-state index contributed by atoms with van der Waals surface area (Å²) >= 11 is 0. The van der Waals surface area contributed by atoms with E-state index in [9.17, 15) is 24.3 Å². The van der Waals surface area contributed by atoms with Gasteiger partial charge in [0, 0.05) is 37.4 Å². The summed E-state index contributed by atoms with van der Waals surface area (Å²) < 4.78 is 1.87. The highest BCUT2D eigenvalue weighted by Crippen LogP contribution is 2.07. The Morgan fingerprint density at radius 2 is 1.59 bits per heavy atom. The molecule has 0 radical (unpaired) electrons. The van der Waals surface area contributed by atoms with Crippen LogP contribution in [0.4, 0.5) is 0 Å². The van der Waals surface area contributed by atoms with Crippen molar-refractivity contribution in [3.8, 4) is 0 Å². The molecule has 210 valence electrons. The highest BCUT2D eigenvalue weighted by Gasteiger charge is 2.22. The summed E-state index contributed by atoms with van der Waals surface area (Å²) in [5.41, 5.74) is 5.81. The Kier molecular flexibility index (Phi) is 26.0. The van der Waals surface area contributed by atoms with Gasteiger partial charge in [0.1, 0.15) is 6.23 Å². The molecule has 0 aliphatic heterocycles. The topological polar surface area (TPSA) is 184 Å². The molecule has 1 aromatic heterocycles. The molecule has 1 rings (SSSR count). The molecule has 1 aromatic rings. The van der Waals surface area contributed by atoms with Crippen LogP contribution < -0.4 is 16.4 Å². The average molecular weight is 525 g/mol. The SMILES string of the molecule is C=C.C=C(/C=C\CCCC(=O)NC(CCC(=O)O)C(O)NCC(N)=O)n1cccc1.CC.CCC(=O)O. The van der Waals surface area contributed by atoms with Crippen molar-refractivity contribution in [2.24, 2.45) is 5.73 Å². The number of aliphatic carboxylic acids is 2. The first kappa shape index (κ1) is 37.8. The number of aliphatic hydroxyl groups is 1. The summed E-state index contributed by atoms with van der Waals surface area (Å²) in [6.45, 7) is 15.3. The highest BCUT2D eigenvalue weighted by atomic mass is 16.4. The second-order valence-electron chi connectivity index (χ2n) is 7.02. The number of nitrogens with two attached hydrogens (primary N) is 1. The summed E-state index contributed by atoms with van der Waals surface area (Å²) in [5.74, 6) is -2.77. The molecule has 0 aliphatic carbocycles. The molecule has 2 atom stereocenters. The molecular formula is C26H44N4O7. The lowest BCUT2D eigenvalue weighted by Crippen LogP contribution is -2.51. The minimum Gasteiger partial charge on any atom is -0.481 e. The molecule has 0 aromatic carbocycles. The summed E-state index contributed by atoms with van der Waals surface area (Å²) in [5, 5.41) is 31.6. The molecular weight excluding hydrogens is 480 g/mol. The van der Waals surface area contributed by atoms with E-state index in [1.54, 1.807) is 6.92 Å². The van der Waals surface area contributed by atoms with E-state index in [1.165, 1.54) is 0 Å². The van der Waals surface area contributed by atoms with Crippen molar-refractivity contribution in [1.82, 2.24) is 15.2 Å². The maximum absolute atomic E-state index is 12.1. The zero-order valence-corrected chi connectivity index (χ0v) is 22.2. The highest BCUT2D eigenvalue weighted by molar-refractivity contribution is 5.77. The summed E-state index contributed by atoms with van der Waals surface area (Å²) in [7, 11) is 0. The molecule has 0 spiro atoms. The quantitative estimate of drug-likeness (QED) is 0.0875. The van der Waals surface area contributed by atoms with Gasteiger partial charge in [0.2, 0.25) is 11.8 Å². The Balaban J connectivity index is -0.00000112. The van der Waals surface area contributed by atoms with Gasteiger partial charge in [-0.25, -0.2) is 0 Å². The fourth-order valence-electron chi connectivity index (χ4n) is 2.43. The molecule has 11 heteroatoms. The lowest BCUT2D eigenvalue weighted by molar-refractivity contribution is -0.138. The number of nitrogens with one attached hydrogen (secondary N) is 2. The van der Waals surface area contributed by atoms with E-state index in [0.29, 0.717) is 12.8 Å². The second kappa shape index (κ2) is 25.4. The number of carbonyl (C=O) groups is 4. The number of carbonyl (C=O) groups excluding carboxylic acids is 2. The fraction of sp³-hybridized carbons (Fsp3) is 0.462. The lowest BCUT2D eigenvalue weighted by atomic mass is 10.1. The lowest BCUT2D eigenvalue weighted by Gasteiger charge is -2.24. The monoisotopic (exact) mass is 524 g/mol. The van der Waals surface area contributed by atoms with Crippen LogP contribution in [0.2, 0.25) is 0 Å². The number of nitrogens with zero attached hydrogens (tertiary/aromatic N) is 1. The minimum absolute atomic E-state index is 0.0185. The fourth-order valence-corrected chi connectivity index (χ4v) is 2.43. The van der Waals surface area contributed by atoms with Crippen LogP contribution in [0.5, 0.6) is 0 Å². The van der Waals surface area contributed by atoms with Crippen LogP contribution in [0, 0.1) is 0 Å². The third-order valence-corrected chi connectivity index (χ3v) is 4.21. The number of allylic oxidation sites excluding steroid dienone is 3. The normalized spacial score (nSPS) is 11.2. The van der Waals surface area contributed by atoms with Crippen molar-refractivity contribution in [2.75, 3.05) is 6.54 Å². The summed E-state index contributed by atoms with van der Waals surface area (Å²) in [4.78, 5) is 43.0. The maximum Gasteiger partial charge on any atom is 0.303 e. The maximum atomic E-state index is 12.1. The predicted octanol–water partition coefficient (Wildman–Crippen LogP) is 2.74. The average Bonchev–Trinajstić information content (AvgIpc) is 3.42. The van der Waals surface area contributed by atoms with Crippen LogP contribution in [0.15, 0.2) is 56.4 Å². The van der Waals surface area contributed by atoms with Gasteiger partial charge in [-0.3, -0.25) is 24.5 Å². The number of unbranched alkanes of at least 4 members (excludes halogenated alkanes) is 1. The van der Waals surface area contributed by atoms with Crippen molar-refractivity contribution in [2.45, 2.75) is 71.6 Å². The van der Waals surface area contributed by atoms with E-state index in [-0.39, 0.29) is 38.1 Å². The molecule has 2 amide bonds. The van der Waals surface area contributed by atoms with Gasteiger partial charge < -0.3 is 30.9 Å². The first-order chi connectivity index (χ1) is 17.6.